The number of ether oxygens (including phenoxy) is 1. The molecule has 10 heteroatoms. The van der Waals surface area contributed by atoms with Crippen LogP contribution in [0.15, 0.2) is 42.5 Å². The molecule has 8 nitrogen and oxygen atoms in total. The molecule has 0 bridgehead atoms. The molecule has 2 aromatic rings. The van der Waals surface area contributed by atoms with Gasteiger partial charge in [0, 0.05) is 17.1 Å². The molecule has 0 fully saturated rings. The molecule has 36 heavy (non-hydrogen) atoms. The highest BCUT2D eigenvalue weighted by molar-refractivity contribution is 7.92. The van der Waals surface area contributed by atoms with Crippen molar-refractivity contribution in [2.45, 2.75) is 59.2 Å². The van der Waals surface area contributed by atoms with Crippen LogP contribution < -0.4 is 14.4 Å². The monoisotopic (exact) mass is 537 g/mol. The van der Waals surface area contributed by atoms with Crippen LogP contribution in [0.4, 0.5) is 5.69 Å². The van der Waals surface area contributed by atoms with E-state index >= 15 is 0 Å². The number of methoxy groups -OCH3 is 1. The van der Waals surface area contributed by atoms with Crippen LogP contribution in [0.25, 0.3) is 0 Å². The van der Waals surface area contributed by atoms with Crippen molar-refractivity contribution >= 4 is 39.1 Å². The van der Waals surface area contributed by atoms with E-state index in [-0.39, 0.29) is 18.1 Å². The third kappa shape index (κ3) is 8.13. The lowest BCUT2D eigenvalue weighted by molar-refractivity contribution is -0.141. The van der Waals surface area contributed by atoms with E-state index in [4.69, 9.17) is 16.3 Å². The summed E-state index contributed by atoms with van der Waals surface area (Å²) in [5.74, 6) is -0.222. The lowest BCUT2D eigenvalue weighted by atomic mass is 10.1. The molecule has 2 amide bonds. The van der Waals surface area contributed by atoms with E-state index in [2.05, 4.69) is 5.32 Å². The quantitative estimate of drug-likeness (QED) is 0.491. The van der Waals surface area contributed by atoms with Crippen molar-refractivity contribution in [2.24, 2.45) is 0 Å². The largest absolute Gasteiger partial charge is 0.497 e. The highest BCUT2D eigenvalue weighted by Crippen LogP contribution is 2.26. The average molecular weight is 538 g/mol. The molecule has 0 aliphatic rings. The van der Waals surface area contributed by atoms with Gasteiger partial charge < -0.3 is 15.0 Å². The van der Waals surface area contributed by atoms with E-state index in [1.54, 1.807) is 44.4 Å². The number of nitrogens with zero attached hydrogens (tertiary/aromatic N) is 2. The number of benzene rings is 2. The van der Waals surface area contributed by atoms with E-state index < -0.39 is 34.1 Å². The van der Waals surface area contributed by atoms with Gasteiger partial charge in [0.25, 0.3) is 0 Å². The first-order valence-corrected chi connectivity index (χ1v) is 13.9. The second kappa shape index (κ2) is 12.0. The van der Waals surface area contributed by atoms with Gasteiger partial charge in [-0.15, -0.1) is 0 Å². The van der Waals surface area contributed by atoms with Crippen LogP contribution in [-0.2, 0) is 26.2 Å². The van der Waals surface area contributed by atoms with E-state index in [0.717, 1.165) is 21.7 Å². The number of rotatable bonds is 10. The summed E-state index contributed by atoms with van der Waals surface area (Å²) in [5.41, 5.74) is 1.29. The van der Waals surface area contributed by atoms with Crippen molar-refractivity contribution in [1.82, 2.24) is 10.2 Å². The van der Waals surface area contributed by atoms with E-state index in [9.17, 15) is 18.0 Å². The first-order chi connectivity index (χ1) is 16.7. The first kappa shape index (κ1) is 29.5. The molecule has 0 aliphatic carbocycles. The summed E-state index contributed by atoms with van der Waals surface area (Å²) in [7, 11) is -2.29. The SMILES string of the molecule is CC[C@H](C(=O)NC(C)(C)C)N(Cc1cccc(OC)c1)C(=O)CN(c1ccc(C)c(Cl)c1)S(C)(=O)=O. The smallest absolute Gasteiger partial charge is 0.244 e. The molecule has 2 aromatic carbocycles. The van der Waals surface area contributed by atoms with Crippen molar-refractivity contribution in [1.29, 1.82) is 0 Å². The Morgan fingerprint density at radius 1 is 1.14 bits per heavy atom. The standard InChI is InChI=1S/C26H36ClN3O5S/c1-8-23(25(32)28-26(3,4)5)29(16-19-10-9-11-21(14-19)35-6)24(31)17-30(36(7,33)34)20-13-12-18(2)22(27)15-20/h9-15,23H,8,16-17H2,1-7H3,(H,28,32)/t23-/m1/s1. The van der Waals surface area contributed by atoms with Gasteiger partial charge in [0.05, 0.1) is 19.1 Å². The van der Waals surface area contributed by atoms with Crippen molar-refractivity contribution in [3.63, 3.8) is 0 Å². The molecule has 0 radical (unpaired) electrons. The number of carbonyl (C=O) groups is 2. The van der Waals surface area contributed by atoms with Gasteiger partial charge in [-0.2, -0.15) is 0 Å². The van der Waals surface area contributed by atoms with Gasteiger partial charge in [0.15, 0.2) is 0 Å². The molecule has 0 spiro atoms. The fourth-order valence-corrected chi connectivity index (χ4v) is 4.71. The molecule has 0 aliphatic heterocycles. The number of hydrogen-bond donors (Lipinski definition) is 1. The zero-order chi connectivity index (χ0) is 27.3. The summed E-state index contributed by atoms with van der Waals surface area (Å²) in [6.45, 7) is 8.80. The highest BCUT2D eigenvalue weighted by atomic mass is 35.5. The lowest BCUT2D eigenvalue weighted by Crippen LogP contribution is -2.55. The van der Waals surface area contributed by atoms with Gasteiger partial charge >= 0.3 is 0 Å². The van der Waals surface area contributed by atoms with Gasteiger partial charge in [-0.1, -0.05) is 36.7 Å². The Morgan fingerprint density at radius 2 is 1.81 bits per heavy atom. The fraction of sp³-hybridized carbons (Fsp3) is 0.462. The summed E-state index contributed by atoms with van der Waals surface area (Å²) in [6.07, 6.45) is 1.37. The van der Waals surface area contributed by atoms with E-state index in [1.807, 2.05) is 33.8 Å². The molecular weight excluding hydrogens is 502 g/mol. The minimum absolute atomic E-state index is 0.0956. The van der Waals surface area contributed by atoms with Crippen LogP contribution >= 0.6 is 11.6 Å². The Morgan fingerprint density at radius 3 is 2.33 bits per heavy atom. The third-order valence-electron chi connectivity index (χ3n) is 5.49. The van der Waals surface area contributed by atoms with Crippen LogP contribution in [0.2, 0.25) is 5.02 Å². The molecule has 2 rings (SSSR count). The Labute approximate surface area is 219 Å². The second-order valence-electron chi connectivity index (χ2n) is 9.74. The van der Waals surface area contributed by atoms with Gasteiger partial charge in [-0.3, -0.25) is 13.9 Å². The highest BCUT2D eigenvalue weighted by Gasteiger charge is 2.33. The average Bonchev–Trinajstić information content (AvgIpc) is 2.77. The molecule has 0 aromatic heterocycles. The number of carbonyl (C=O) groups excluding carboxylic acids is 2. The van der Waals surface area contributed by atoms with Gasteiger partial charge in [-0.25, -0.2) is 8.42 Å². The van der Waals surface area contributed by atoms with Gasteiger partial charge in [0.2, 0.25) is 21.8 Å². The zero-order valence-electron chi connectivity index (χ0n) is 22.0. The molecule has 198 valence electrons. The van der Waals surface area contributed by atoms with Crippen LogP contribution in [0.5, 0.6) is 5.75 Å². The molecule has 1 atom stereocenters. The second-order valence-corrected chi connectivity index (χ2v) is 12.1. The van der Waals surface area contributed by atoms with Crippen LogP contribution in [0.3, 0.4) is 0 Å². The Kier molecular flexibility index (Phi) is 9.79. The van der Waals surface area contributed by atoms with Crippen molar-refractivity contribution < 1.29 is 22.7 Å². The number of hydrogen-bond acceptors (Lipinski definition) is 5. The number of anilines is 1. The van der Waals surface area contributed by atoms with Crippen LogP contribution in [-0.4, -0.2) is 56.6 Å². The van der Waals surface area contributed by atoms with Gasteiger partial charge in [-0.05, 0) is 69.5 Å². The predicted molar refractivity (Wildman–Crippen MR) is 144 cm³/mol. The summed E-state index contributed by atoms with van der Waals surface area (Å²) < 4.78 is 31.7. The number of halogens is 1. The molecule has 0 saturated heterocycles. The van der Waals surface area contributed by atoms with Crippen LogP contribution in [0, 0.1) is 6.92 Å². The molecule has 0 unspecified atom stereocenters. The Hall–Kier alpha value is -2.78. The molecule has 0 heterocycles. The van der Waals surface area contributed by atoms with E-state index in [1.165, 1.54) is 11.0 Å². The van der Waals surface area contributed by atoms with Crippen LogP contribution in [0.1, 0.15) is 45.2 Å². The molecular formula is C26H36ClN3O5S. The number of nitrogens with one attached hydrogen (secondary N) is 1. The maximum atomic E-state index is 13.7. The summed E-state index contributed by atoms with van der Waals surface area (Å²) in [6, 6.07) is 11.2. The van der Waals surface area contributed by atoms with Crippen molar-refractivity contribution in [2.75, 3.05) is 24.2 Å². The van der Waals surface area contributed by atoms with Crippen molar-refractivity contribution in [3.05, 3.63) is 58.6 Å². The van der Waals surface area contributed by atoms with Crippen molar-refractivity contribution in [3.8, 4) is 5.75 Å². The predicted octanol–water partition coefficient (Wildman–Crippen LogP) is 4.15. The maximum absolute atomic E-state index is 13.7. The first-order valence-electron chi connectivity index (χ1n) is 11.6. The summed E-state index contributed by atoms with van der Waals surface area (Å²) >= 11 is 6.24. The lowest BCUT2D eigenvalue weighted by Gasteiger charge is -2.34. The summed E-state index contributed by atoms with van der Waals surface area (Å²) in [5, 5.41) is 3.32. The Bertz CT molecular complexity index is 1190. The molecule has 0 saturated carbocycles. The third-order valence-corrected chi connectivity index (χ3v) is 7.04. The topological polar surface area (TPSA) is 96.0 Å². The normalized spacial score (nSPS) is 12.6. The van der Waals surface area contributed by atoms with Gasteiger partial charge in [0.1, 0.15) is 18.3 Å². The zero-order valence-corrected chi connectivity index (χ0v) is 23.5. The fourth-order valence-electron chi connectivity index (χ4n) is 3.69. The Balaban J connectivity index is 2.49. The number of amides is 2. The number of aryl methyl sites for hydroxylation is 1. The maximum Gasteiger partial charge on any atom is 0.244 e. The minimum Gasteiger partial charge on any atom is -0.497 e. The van der Waals surface area contributed by atoms with E-state index in [0.29, 0.717) is 17.2 Å². The summed E-state index contributed by atoms with van der Waals surface area (Å²) in [4.78, 5) is 28.4. The molecule has 1 N–H and O–H groups in total. The minimum atomic E-state index is -3.83. The number of sulfonamides is 1.